The van der Waals surface area contributed by atoms with Gasteiger partial charge in [-0.25, -0.2) is 0 Å². The molecule has 0 unspecified atom stereocenters. The van der Waals surface area contributed by atoms with Crippen LogP contribution in [0.1, 0.15) is 0 Å². The van der Waals surface area contributed by atoms with Gasteiger partial charge in [-0.3, -0.25) is 13.7 Å². The van der Waals surface area contributed by atoms with Crippen LogP contribution in [0.5, 0.6) is 5.75 Å². The number of hydrogen-bond acceptors (Lipinski definition) is 14. The van der Waals surface area contributed by atoms with Crippen LogP contribution in [0.25, 0.3) is 10.8 Å². The zero-order chi connectivity index (χ0) is 34.3. The van der Waals surface area contributed by atoms with Crippen LogP contribution in [0.2, 0.25) is 10.6 Å². The van der Waals surface area contributed by atoms with Crippen molar-refractivity contribution in [2.24, 2.45) is 10.2 Å². The minimum Gasteiger partial charge on any atom is -0.505 e. The summed E-state index contributed by atoms with van der Waals surface area (Å²) in [6, 6.07) is 14.1. The number of aromatic nitrogens is 3. The van der Waals surface area contributed by atoms with Gasteiger partial charge in [-0.15, -0.1) is 5.11 Å². The molecule has 0 fully saturated rings. The van der Waals surface area contributed by atoms with Gasteiger partial charge in [0.25, 0.3) is 30.4 Å². The molecular formula is C25H17Cl2N7Na3O10S3. The number of benzene rings is 4. The zero-order valence-electron chi connectivity index (χ0n) is 25.8. The number of para-hydroxylation sites is 1. The number of anilines is 4. The van der Waals surface area contributed by atoms with Gasteiger partial charge in [-0.05, 0) is 77.1 Å². The molecule has 0 aliphatic carbocycles. The summed E-state index contributed by atoms with van der Waals surface area (Å²) in [6.45, 7) is 0. The van der Waals surface area contributed by atoms with Crippen LogP contribution in [0.3, 0.4) is 0 Å². The van der Waals surface area contributed by atoms with Gasteiger partial charge in [0.05, 0.1) is 22.0 Å². The molecule has 0 saturated carbocycles. The standard InChI is InChI=1S/C25H17Cl2N7O10S3.3Na/c26-23-30-24(27)32-25(31-23)29-17-11-15(45(36,37)38)8-12-9-19(47(42,43)44)21(22(35)20(12)17)34-33-14-6-7-16(18(10-14)46(39,40)41)28-13-4-2-1-3-5-13;;;/h1-11,28,35H,(H,36,37,38)(H,39,40,41)(H,42,43,44)(H,29,30,31,32);;;. The number of rotatable bonds is 9. The first-order valence-corrected chi connectivity index (χ1v) is 17.5. The molecule has 247 valence electrons. The van der Waals surface area contributed by atoms with Crippen molar-refractivity contribution >= 4 is 187 Å². The average Bonchev–Trinajstić information content (AvgIpc) is 2.95. The van der Waals surface area contributed by atoms with Gasteiger partial charge >= 0.3 is 0 Å². The van der Waals surface area contributed by atoms with E-state index in [9.17, 15) is 44.0 Å². The summed E-state index contributed by atoms with van der Waals surface area (Å²) < 4.78 is 103. The van der Waals surface area contributed by atoms with E-state index in [-0.39, 0.29) is 133 Å². The minimum atomic E-state index is -5.22. The third-order valence-corrected chi connectivity index (χ3v) is 9.02. The zero-order valence-corrected chi connectivity index (χ0v) is 35.8. The summed E-state index contributed by atoms with van der Waals surface area (Å²) in [4.78, 5) is 8.65. The summed E-state index contributed by atoms with van der Waals surface area (Å²) in [5.74, 6) is -1.36. The molecule has 6 N–H and O–H groups in total. The van der Waals surface area contributed by atoms with Gasteiger partial charge in [0.2, 0.25) is 16.5 Å². The molecule has 0 aliphatic heterocycles. The SMILES string of the molecule is O=S(=O)(O)c1cc(Nc2nc(Cl)nc(Cl)n2)c2c(O)c(N=Nc3ccc(Nc4ccccc4)c(S(=O)(=O)O)c3)c(S(=O)(=O)O)cc2c1.[Na].[Na].[Na]. The van der Waals surface area contributed by atoms with E-state index in [4.69, 9.17) is 23.2 Å². The van der Waals surface area contributed by atoms with E-state index in [0.29, 0.717) is 5.69 Å². The fourth-order valence-electron chi connectivity index (χ4n) is 4.18. The number of hydrogen-bond donors (Lipinski definition) is 6. The summed E-state index contributed by atoms with van der Waals surface area (Å²) in [7, 11) is -15.0. The van der Waals surface area contributed by atoms with E-state index in [1.54, 1.807) is 30.3 Å². The molecule has 4 aromatic carbocycles. The Kier molecular flexibility index (Phi) is 15.6. The number of aromatic hydroxyl groups is 1. The number of nitrogens with zero attached hydrogens (tertiary/aromatic N) is 5. The predicted molar refractivity (Wildman–Crippen MR) is 186 cm³/mol. The van der Waals surface area contributed by atoms with E-state index < -0.39 is 56.5 Å². The molecule has 1 heterocycles. The third-order valence-electron chi connectivity index (χ3n) is 6.09. The number of nitrogens with one attached hydrogen (secondary N) is 2. The first-order chi connectivity index (χ1) is 21.9. The molecule has 50 heavy (non-hydrogen) atoms. The predicted octanol–water partition coefficient (Wildman–Crippen LogP) is 4.54. The number of phenolic OH excluding ortho intramolecular Hbond substituents is 1. The Bertz CT molecular complexity index is 2430. The molecule has 1 aromatic heterocycles. The molecule has 17 nitrogen and oxygen atoms in total. The first-order valence-electron chi connectivity index (χ1n) is 12.4. The molecule has 0 amide bonds. The summed E-state index contributed by atoms with van der Waals surface area (Å²) in [5.41, 5.74) is -1.06. The van der Waals surface area contributed by atoms with Crippen molar-refractivity contribution in [2.45, 2.75) is 14.7 Å². The number of azo groups is 1. The Balaban J connectivity index is 0.00000289. The van der Waals surface area contributed by atoms with E-state index >= 15 is 0 Å². The normalized spacial score (nSPS) is 11.7. The van der Waals surface area contributed by atoms with E-state index in [0.717, 1.165) is 24.3 Å². The van der Waals surface area contributed by atoms with Crippen molar-refractivity contribution in [3.05, 3.63) is 77.3 Å². The maximum Gasteiger partial charge on any atom is 0.296 e. The monoisotopic (exact) mass is 810 g/mol. The molecule has 0 bridgehead atoms. The van der Waals surface area contributed by atoms with Gasteiger partial charge in [0.15, 0.2) is 5.75 Å². The van der Waals surface area contributed by atoms with Crippen LogP contribution < -0.4 is 10.6 Å². The second-order valence-electron chi connectivity index (χ2n) is 9.26. The summed E-state index contributed by atoms with van der Waals surface area (Å²) >= 11 is 11.6. The number of phenols is 1. The van der Waals surface area contributed by atoms with Crippen LogP contribution in [0, 0.1) is 0 Å². The van der Waals surface area contributed by atoms with Crippen LogP contribution >= 0.6 is 23.2 Å². The fourth-order valence-corrected chi connectivity index (χ4v) is 6.41. The van der Waals surface area contributed by atoms with Gasteiger partial charge in [-0.2, -0.15) is 45.3 Å². The molecule has 25 heteroatoms. The smallest absolute Gasteiger partial charge is 0.296 e. The fraction of sp³-hybridized carbons (Fsp3) is 0. The minimum absolute atomic E-state index is 0. The molecule has 0 saturated heterocycles. The Morgan fingerprint density at radius 1 is 0.640 bits per heavy atom. The molecule has 5 rings (SSSR count). The van der Waals surface area contributed by atoms with E-state index in [1.807, 2.05) is 0 Å². The molecule has 5 aromatic rings. The maximum atomic E-state index is 12.4. The van der Waals surface area contributed by atoms with Crippen molar-refractivity contribution in [3.8, 4) is 5.75 Å². The van der Waals surface area contributed by atoms with Crippen molar-refractivity contribution in [1.82, 2.24) is 15.0 Å². The molecule has 0 spiro atoms. The van der Waals surface area contributed by atoms with Crippen LogP contribution in [-0.4, -0.2) is 148 Å². The quantitative estimate of drug-likeness (QED) is 0.0678. The van der Waals surface area contributed by atoms with Crippen LogP contribution in [0.4, 0.5) is 34.4 Å². The van der Waals surface area contributed by atoms with Gasteiger partial charge < -0.3 is 15.7 Å². The molecule has 0 aliphatic rings. The van der Waals surface area contributed by atoms with Crippen molar-refractivity contribution in [3.63, 3.8) is 0 Å². The number of fused-ring (bicyclic) bond motifs is 1. The third kappa shape index (κ3) is 10.8. The van der Waals surface area contributed by atoms with E-state index in [2.05, 4.69) is 35.8 Å². The van der Waals surface area contributed by atoms with Gasteiger partial charge in [-0.1, -0.05) is 18.2 Å². The molecule has 3 radical (unpaired) electrons. The Labute approximate surface area is 360 Å². The second-order valence-corrected chi connectivity index (χ2v) is 14.1. The Hall–Kier alpha value is -1.54. The topological polar surface area (TPSA) is 271 Å². The summed E-state index contributed by atoms with van der Waals surface area (Å²) in [6.07, 6.45) is 0. The van der Waals surface area contributed by atoms with Gasteiger partial charge in [0, 0.05) is 99.7 Å². The van der Waals surface area contributed by atoms with Crippen LogP contribution in [-0.2, 0) is 30.4 Å². The van der Waals surface area contributed by atoms with Crippen molar-refractivity contribution in [1.29, 1.82) is 0 Å². The van der Waals surface area contributed by atoms with Gasteiger partial charge in [0.1, 0.15) is 15.5 Å². The van der Waals surface area contributed by atoms with Crippen LogP contribution in [0.15, 0.2) is 91.6 Å². The van der Waals surface area contributed by atoms with E-state index in [1.165, 1.54) is 12.1 Å². The largest absolute Gasteiger partial charge is 0.505 e. The van der Waals surface area contributed by atoms with Crippen molar-refractivity contribution < 1.29 is 44.0 Å². The summed E-state index contributed by atoms with van der Waals surface area (Å²) in [5, 5.41) is 22.7. The second kappa shape index (κ2) is 17.5. The average molecular weight is 812 g/mol. The molecule has 0 atom stereocenters. The molecular weight excluding hydrogens is 794 g/mol. The number of halogens is 2. The van der Waals surface area contributed by atoms with Crippen molar-refractivity contribution in [2.75, 3.05) is 10.6 Å². The maximum absolute atomic E-state index is 12.4. The Morgan fingerprint density at radius 2 is 1.24 bits per heavy atom. The Morgan fingerprint density at radius 3 is 1.80 bits per heavy atom. The first kappa shape index (κ1) is 44.6.